The van der Waals surface area contributed by atoms with Gasteiger partial charge in [-0.05, 0) is 6.42 Å². The summed E-state index contributed by atoms with van der Waals surface area (Å²) in [6.45, 7) is 1.84. The quantitative estimate of drug-likeness (QED) is 0.643. The number of rotatable bonds is 6. The fourth-order valence-corrected chi connectivity index (χ4v) is 1.26. The van der Waals surface area contributed by atoms with Crippen molar-refractivity contribution in [2.45, 2.75) is 32.6 Å². The monoisotopic (exact) mass is 216 g/mol. The van der Waals surface area contributed by atoms with E-state index in [1.165, 1.54) is 7.05 Å². The normalized spacial score (nSPS) is 9.80. The predicted octanol–water partition coefficient (Wildman–Crippen LogP) is 0.727. The van der Waals surface area contributed by atoms with Gasteiger partial charge in [0, 0.05) is 13.6 Å². The van der Waals surface area contributed by atoms with E-state index in [4.69, 9.17) is 5.11 Å². The number of aliphatic hydroxyl groups is 1. The molecule has 0 saturated carbocycles. The third-order valence-electron chi connectivity index (χ3n) is 2.13. The topological polar surface area (TPSA) is 69.6 Å². The first kappa shape index (κ1) is 13.9. The van der Waals surface area contributed by atoms with Gasteiger partial charge in [0.05, 0.1) is 0 Å². The highest BCUT2D eigenvalue weighted by atomic mass is 16.3. The Morgan fingerprint density at radius 2 is 1.93 bits per heavy atom. The van der Waals surface area contributed by atoms with Gasteiger partial charge in [0.25, 0.3) is 5.91 Å². The molecular formula is C10H20N2O3. The zero-order chi connectivity index (χ0) is 11.7. The minimum Gasteiger partial charge on any atom is -0.387 e. The summed E-state index contributed by atoms with van der Waals surface area (Å²) in [5.74, 6) is -0.550. The van der Waals surface area contributed by atoms with Crippen LogP contribution in [0.2, 0.25) is 0 Å². The summed E-state index contributed by atoms with van der Waals surface area (Å²) in [6.07, 6.45) is 3.97. The van der Waals surface area contributed by atoms with E-state index in [1.807, 2.05) is 0 Å². The number of imide groups is 1. The number of carbonyl (C=O) groups is 2. The van der Waals surface area contributed by atoms with Crippen molar-refractivity contribution in [2.24, 2.45) is 0 Å². The van der Waals surface area contributed by atoms with Crippen LogP contribution >= 0.6 is 0 Å². The van der Waals surface area contributed by atoms with Crippen LogP contribution in [0.3, 0.4) is 0 Å². The molecule has 0 bridgehead atoms. The molecular weight excluding hydrogens is 196 g/mol. The minimum atomic E-state index is -0.624. The molecule has 88 valence electrons. The van der Waals surface area contributed by atoms with Gasteiger partial charge in [0.2, 0.25) is 0 Å². The molecule has 0 aromatic heterocycles. The third kappa shape index (κ3) is 5.37. The molecule has 0 spiro atoms. The van der Waals surface area contributed by atoms with Gasteiger partial charge in [-0.25, -0.2) is 4.79 Å². The van der Waals surface area contributed by atoms with E-state index in [-0.39, 0.29) is 0 Å². The van der Waals surface area contributed by atoms with Gasteiger partial charge in [-0.1, -0.05) is 26.2 Å². The molecule has 0 aromatic carbocycles. The van der Waals surface area contributed by atoms with Gasteiger partial charge in [-0.15, -0.1) is 0 Å². The second-order valence-corrected chi connectivity index (χ2v) is 3.32. The lowest BCUT2D eigenvalue weighted by molar-refractivity contribution is -0.131. The molecule has 0 aliphatic heterocycles. The maximum absolute atomic E-state index is 11.3. The highest BCUT2D eigenvalue weighted by Crippen LogP contribution is 2.02. The van der Waals surface area contributed by atoms with Crippen molar-refractivity contribution in [1.29, 1.82) is 0 Å². The van der Waals surface area contributed by atoms with Crippen LogP contribution in [0.5, 0.6) is 0 Å². The number of hydrogen-bond donors (Lipinski definition) is 2. The number of nitrogens with zero attached hydrogens (tertiary/aromatic N) is 1. The van der Waals surface area contributed by atoms with Crippen LogP contribution in [0.15, 0.2) is 0 Å². The number of hydrogen-bond acceptors (Lipinski definition) is 3. The number of aliphatic hydroxyl groups excluding tert-OH is 1. The Hall–Kier alpha value is -1.10. The number of urea groups is 1. The Bertz CT molecular complexity index is 191. The Morgan fingerprint density at radius 1 is 1.27 bits per heavy atom. The van der Waals surface area contributed by atoms with Crippen molar-refractivity contribution < 1.29 is 14.7 Å². The maximum Gasteiger partial charge on any atom is 0.323 e. The zero-order valence-corrected chi connectivity index (χ0v) is 9.45. The van der Waals surface area contributed by atoms with E-state index in [2.05, 4.69) is 12.2 Å². The number of nitrogens with one attached hydrogen (secondary N) is 1. The first-order valence-electron chi connectivity index (χ1n) is 5.30. The van der Waals surface area contributed by atoms with Crippen molar-refractivity contribution in [3.8, 4) is 0 Å². The number of carbonyl (C=O) groups excluding carboxylic acids is 2. The number of amides is 3. The Labute approximate surface area is 90.5 Å². The number of unbranched alkanes of at least 4 members (excludes halogenated alkanes) is 3. The molecule has 0 radical (unpaired) electrons. The fraction of sp³-hybridized carbons (Fsp3) is 0.800. The summed E-state index contributed by atoms with van der Waals surface area (Å²) in [5, 5.41) is 11.1. The zero-order valence-electron chi connectivity index (χ0n) is 9.45. The molecule has 0 unspecified atom stereocenters. The van der Waals surface area contributed by atoms with Crippen molar-refractivity contribution in [3.63, 3.8) is 0 Å². The fourth-order valence-electron chi connectivity index (χ4n) is 1.26. The molecule has 0 aliphatic carbocycles. The summed E-state index contributed by atoms with van der Waals surface area (Å²) in [5.41, 5.74) is 0. The molecule has 0 rings (SSSR count). The van der Waals surface area contributed by atoms with Crippen LogP contribution < -0.4 is 5.32 Å². The van der Waals surface area contributed by atoms with Crippen molar-refractivity contribution in [1.82, 2.24) is 10.2 Å². The molecule has 3 amide bonds. The van der Waals surface area contributed by atoms with Gasteiger partial charge in [0.15, 0.2) is 0 Å². The maximum atomic E-state index is 11.3. The van der Waals surface area contributed by atoms with Crippen LogP contribution in [0, 0.1) is 0 Å². The second-order valence-electron chi connectivity index (χ2n) is 3.32. The molecule has 0 aliphatic rings. The summed E-state index contributed by atoms with van der Waals surface area (Å²) in [6, 6.07) is -0.453. The molecule has 0 atom stereocenters. The summed E-state index contributed by atoms with van der Waals surface area (Å²) in [7, 11) is 1.46. The molecule has 15 heavy (non-hydrogen) atoms. The van der Waals surface area contributed by atoms with Crippen molar-refractivity contribution in [2.75, 3.05) is 20.2 Å². The van der Waals surface area contributed by atoms with E-state index in [9.17, 15) is 9.59 Å². The van der Waals surface area contributed by atoms with Gasteiger partial charge < -0.3 is 10.4 Å². The van der Waals surface area contributed by atoms with E-state index in [0.29, 0.717) is 6.54 Å². The molecule has 0 saturated heterocycles. The van der Waals surface area contributed by atoms with Crippen LogP contribution in [-0.2, 0) is 4.79 Å². The summed E-state index contributed by atoms with van der Waals surface area (Å²) in [4.78, 5) is 23.5. The standard InChI is InChI=1S/C10H20N2O3/c1-3-4-5-6-7-12(9(14)8-13)10(15)11-2/h13H,3-8H2,1-2H3,(H,11,15). The summed E-state index contributed by atoms with van der Waals surface area (Å²) >= 11 is 0. The lowest BCUT2D eigenvalue weighted by atomic mass is 10.2. The van der Waals surface area contributed by atoms with E-state index in [0.717, 1.165) is 30.6 Å². The van der Waals surface area contributed by atoms with Crippen LogP contribution in [-0.4, -0.2) is 42.1 Å². The van der Waals surface area contributed by atoms with E-state index < -0.39 is 18.5 Å². The third-order valence-corrected chi connectivity index (χ3v) is 2.13. The molecule has 5 nitrogen and oxygen atoms in total. The Morgan fingerprint density at radius 3 is 2.40 bits per heavy atom. The first-order valence-corrected chi connectivity index (χ1v) is 5.30. The van der Waals surface area contributed by atoms with Crippen LogP contribution in [0.25, 0.3) is 0 Å². The lowest BCUT2D eigenvalue weighted by Crippen LogP contribution is -2.44. The average molecular weight is 216 g/mol. The molecule has 0 heterocycles. The summed E-state index contributed by atoms with van der Waals surface area (Å²) < 4.78 is 0. The largest absolute Gasteiger partial charge is 0.387 e. The predicted molar refractivity (Wildman–Crippen MR) is 57.4 cm³/mol. The van der Waals surface area contributed by atoms with E-state index >= 15 is 0 Å². The van der Waals surface area contributed by atoms with Crippen molar-refractivity contribution in [3.05, 3.63) is 0 Å². The van der Waals surface area contributed by atoms with E-state index in [1.54, 1.807) is 0 Å². The van der Waals surface area contributed by atoms with Crippen molar-refractivity contribution >= 4 is 11.9 Å². The minimum absolute atomic E-state index is 0.374. The molecule has 0 fully saturated rings. The Balaban J connectivity index is 4.02. The molecule has 5 heteroatoms. The van der Waals surface area contributed by atoms with Crippen LogP contribution in [0.4, 0.5) is 4.79 Å². The SMILES string of the molecule is CCCCCCN(C(=O)CO)C(=O)NC. The second kappa shape index (κ2) is 8.23. The lowest BCUT2D eigenvalue weighted by Gasteiger charge is -2.18. The Kier molecular flexibility index (Phi) is 7.62. The average Bonchev–Trinajstić information content (AvgIpc) is 2.27. The van der Waals surface area contributed by atoms with Crippen LogP contribution in [0.1, 0.15) is 32.6 Å². The smallest absolute Gasteiger partial charge is 0.323 e. The first-order chi connectivity index (χ1) is 7.17. The molecule has 0 aromatic rings. The molecule has 2 N–H and O–H groups in total. The highest BCUT2D eigenvalue weighted by Gasteiger charge is 2.18. The highest BCUT2D eigenvalue weighted by molar-refractivity contribution is 5.94. The van der Waals surface area contributed by atoms with Gasteiger partial charge in [-0.2, -0.15) is 0 Å². The van der Waals surface area contributed by atoms with Gasteiger partial charge in [0.1, 0.15) is 6.61 Å². The van der Waals surface area contributed by atoms with Gasteiger partial charge >= 0.3 is 6.03 Å². The van der Waals surface area contributed by atoms with Gasteiger partial charge in [-0.3, -0.25) is 9.69 Å².